The summed E-state index contributed by atoms with van der Waals surface area (Å²) in [5, 5.41) is 7.28. The van der Waals surface area contributed by atoms with Crippen LogP contribution in [0.5, 0.6) is 0 Å². The number of aromatic nitrogens is 2. The number of amides is 1. The molecule has 1 aromatic rings. The fourth-order valence-electron chi connectivity index (χ4n) is 1.96. The van der Waals surface area contributed by atoms with Crippen LogP contribution in [-0.2, 0) is 17.9 Å². The van der Waals surface area contributed by atoms with Crippen molar-refractivity contribution in [1.82, 2.24) is 15.1 Å². The summed E-state index contributed by atoms with van der Waals surface area (Å²) in [4.78, 5) is 11.7. The zero-order valence-corrected chi connectivity index (χ0v) is 10.5. The molecule has 0 aliphatic heterocycles. The highest BCUT2D eigenvalue weighted by Crippen LogP contribution is 2.27. The van der Waals surface area contributed by atoms with Gasteiger partial charge in [0.05, 0.1) is 5.69 Å². The molecule has 5 nitrogen and oxygen atoms in total. The molecule has 0 unspecified atom stereocenters. The van der Waals surface area contributed by atoms with Crippen LogP contribution in [-0.4, -0.2) is 22.2 Å². The van der Waals surface area contributed by atoms with Crippen LogP contribution < -0.4 is 11.1 Å². The van der Waals surface area contributed by atoms with Crippen LogP contribution in [0, 0.1) is 19.8 Å². The minimum Gasteiger partial charge on any atom is -0.354 e. The van der Waals surface area contributed by atoms with E-state index in [4.69, 9.17) is 5.73 Å². The van der Waals surface area contributed by atoms with E-state index >= 15 is 0 Å². The van der Waals surface area contributed by atoms with Gasteiger partial charge in [0.2, 0.25) is 5.91 Å². The summed E-state index contributed by atoms with van der Waals surface area (Å²) in [6.07, 6.45) is 2.50. The Hall–Kier alpha value is -1.36. The van der Waals surface area contributed by atoms with Crippen molar-refractivity contribution in [2.45, 2.75) is 39.8 Å². The maximum Gasteiger partial charge on any atom is 0.241 e. The van der Waals surface area contributed by atoms with Crippen molar-refractivity contribution in [1.29, 1.82) is 0 Å². The molecule has 1 amide bonds. The van der Waals surface area contributed by atoms with E-state index in [-0.39, 0.29) is 5.91 Å². The molecule has 0 bridgehead atoms. The standard InChI is InChI=1S/C12H20N4O/c1-8-11(5-13)9(2)16(15-8)7-12(17)14-6-10-3-4-10/h10H,3-7,13H2,1-2H3,(H,14,17). The van der Waals surface area contributed by atoms with Gasteiger partial charge >= 0.3 is 0 Å². The van der Waals surface area contributed by atoms with E-state index in [1.807, 2.05) is 13.8 Å². The minimum absolute atomic E-state index is 0.0334. The highest BCUT2D eigenvalue weighted by molar-refractivity contribution is 5.75. The molecule has 3 N–H and O–H groups in total. The summed E-state index contributed by atoms with van der Waals surface area (Å²) in [6, 6.07) is 0. The molecular formula is C12H20N4O. The molecule has 0 spiro atoms. The van der Waals surface area contributed by atoms with Gasteiger partial charge < -0.3 is 11.1 Å². The molecule has 5 heteroatoms. The second-order valence-corrected chi connectivity index (χ2v) is 4.76. The third kappa shape index (κ3) is 2.85. The molecule has 1 heterocycles. The molecule has 1 aliphatic carbocycles. The summed E-state index contributed by atoms with van der Waals surface area (Å²) in [6.45, 7) is 5.45. The number of rotatable bonds is 5. The van der Waals surface area contributed by atoms with E-state index in [1.54, 1.807) is 4.68 Å². The maximum absolute atomic E-state index is 11.7. The SMILES string of the molecule is Cc1nn(CC(=O)NCC2CC2)c(C)c1CN. The van der Waals surface area contributed by atoms with Gasteiger partial charge in [-0.05, 0) is 32.6 Å². The zero-order valence-electron chi connectivity index (χ0n) is 10.5. The summed E-state index contributed by atoms with van der Waals surface area (Å²) in [7, 11) is 0. The molecule has 17 heavy (non-hydrogen) atoms. The normalized spacial score (nSPS) is 15.0. The van der Waals surface area contributed by atoms with Gasteiger partial charge in [-0.25, -0.2) is 0 Å². The van der Waals surface area contributed by atoms with Crippen LogP contribution in [0.1, 0.15) is 29.8 Å². The second-order valence-electron chi connectivity index (χ2n) is 4.76. The smallest absolute Gasteiger partial charge is 0.241 e. The van der Waals surface area contributed by atoms with E-state index in [1.165, 1.54) is 12.8 Å². The topological polar surface area (TPSA) is 72.9 Å². The fourth-order valence-corrected chi connectivity index (χ4v) is 1.96. The Kier molecular flexibility index (Phi) is 3.47. The molecule has 0 atom stereocenters. The molecule has 1 saturated carbocycles. The van der Waals surface area contributed by atoms with E-state index in [0.29, 0.717) is 19.0 Å². The molecule has 2 rings (SSSR count). The molecule has 94 valence electrons. The van der Waals surface area contributed by atoms with Gasteiger partial charge in [0.15, 0.2) is 0 Å². The Morgan fingerprint density at radius 1 is 1.53 bits per heavy atom. The highest BCUT2D eigenvalue weighted by Gasteiger charge is 2.21. The third-order valence-corrected chi connectivity index (χ3v) is 3.31. The van der Waals surface area contributed by atoms with Crippen LogP contribution >= 0.6 is 0 Å². The number of hydrogen-bond donors (Lipinski definition) is 2. The van der Waals surface area contributed by atoms with Gasteiger partial charge in [0.1, 0.15) is 6.54 Å². The van der Waals surface area contributed by atoms with Crippen molar-refractivity contribution < 1.29 is 4.79 Å². The van der Waals surface area contributed by atoms with Gasteiger partial charge in [0.25, 0.3) is 0 Å². The number of aryl methyl sites for hydroxylation is 1. The second kappa shape index (κ2) is 4.87. The summed E-state index contributed by atoms with van der Waals surface area (Å²) >= 11 is 0. The van der Waals surface area contributed by atoms with Crippen molar-refractivity contribution in [3.05, 3.63) is 17.0 Å². The predicted molar refractivity (Wildman–Crippen MR) is 65.3 cm³/mol. The largest absolute Gasteiger partial charge is 0.354 e. The van der Waals surface area contributed by atoms with E-state index in [9.17, 15) is 4.79 Å². The lowest BCUT2D eigenvalue weighted by molar-refractivity contribution is -0.121. The van der Waals surface area contributed by atoms with Crippen LogP contribution in [0.3, 0.4) is 0 Å². The lowest BCUT2D eigenvalue weighted by Crippen LogP contribution is -2.30. The molecular weight excluding hydrogens is 216 g/mol. The molecule has 0 saturated heterocycles. The highest BCUT2D eigenvalue weighted by atomic mass is 16.2. The van der Waals surface area contributed by atoms with Gasteiger partial charge in [-0.15, -0.1) is 0 Å². The van der Waals surface area contributed by atoms with Crippen molar-refractivity contribution in [3.63, 3.8) is 0 Å². The van der Waals surface area contributed by atoms with Gasteiger partial charge in [-0.2, -0.15) is 5.10 Å². The fraction of sp³-hybridized carbons (Fsp3) is 0.667. The minimum atomic E-state index is 0.0334. The van der Waals surface area contributed by atoms with E-state index < -0.39 is 0 Å². The van der Waals surface area contributed by atoms with Crippen LogP contribution in [0.2, 0.25) is 0 Å². The van der Waals surface area contributed by atoms with E-state index in [0.717, 1.165) is 23.5 Å². The number of carbonyl (C=O) groups excluding carboxylic acids is 1. The number of nitrogens with one attached hydrogen (secondary N) is 1. The molecule has 1 aromatic heterocycles. The van der Waals surface area contributed by atoms with E-state index in [2.05, 4.69) is 10.4 Å². The quantitative estimate of drug-likeness (QED) is 0.781. The number of nitrogens with two attached hydrogens (primary N) is 1. The molecule has 1 aliphatic rings. The van der Waals surface area contributed by atoms with Gasteiger partial charge in [-0.1, -0.05) is 0 Å². The van der Waals surface area contributed by atoms with Gasteiger partial charge in [0, 0.05) is 24.3 Å². The van der Waals surface area contributed by atoms with Gasteiger partial charge in [-0.3, -0.25) is 9.48 Å². The monoisotopic (exact) mass is 236 g/mol. The Bertz CT molecular complexity index is 420. The predicted octanol–water partition coefficient (Wildman–Crippen LogP) is 0.485. The Morgan fingerprint density at radius 2 is 2.24 bits per heavy atom. The van der Waals surface area contributed by atoms with Crippen LogP contribution in [0.25, 0.3) is 0 Å². The van der Waals surface area contributed by atoms with Crippen molar-refractivity contribution in [2.24, 2.45) is 11.7 Å². The average Bonchev–Trinajstić information content (AvgIpc) is 3.06. The third-order valence-electron chi connectivity index (χ3n) is 3.31. The zero-order chi connectivity index (χ0) is 12.4. The summed E-state index contributed by atoms with van der Waals surface area (Å²) in [5.41, 5.74) is 8.60. The molecule has 1 fully saturated rings. The van der Waals surface area contributed by atoms with Crippen molar-refractivity contribution in [3.8, 4) is 0 Å². The Labute approximate surface area is 101 Å². The Balaban J connectivity index is 1.94. The molecule has 0 aromatic carbocycles. The summed E-state index contributed by atoms with van der Waals surface area (Å²) in [5.74, 6) is 0.741. The number of hydrogen-bond acceptors (Lipinski definition) is 3. The number of carbonyl (C=O) groups is 1. The first-order chi connectivity index (χ1) is 8.11. The average molecular weight is 236 g/mol. The van der Waals surface area contributed by atoms with Crippen LogP contribution in [0.4, 0.5) is 0 Å². The first-order valence-electron chi connectivity index (χ1n) is 6.11. The molecule has 0 radical (unpaired) electrons. The first-order valence-corrected chi connectivity index (χ1v) is 6.11. The van der Waals surface area contributed by atoms with Crippen LogP contribution in [0.15, 0.2) is 0 Å². The lowest BCUT2D eigenvalue weighted by atomic mass is 10.2. The number of nitrogens with zero attached hydrogens (tertiary/aromatic N) is 2. The first kappa shape index (κ1) is 12.1. The maximum atomic E-state index is 11.7. The Morgan fingerprint density at radius 3 is 2.76 bits per heavy atom. The van der Waals surface area contributed by atoms with Crippen molar-refractivity contribution >= 4 is 5.91 Å². The summed E-state index contributed by atoms with van der Waals surface area (Å²) < 4.78 is 1.74. The van der Waals surface area contributed by atoms with Crippen molar-refractivity contribution in [2.75, 3.05) is 6.54 Å². The lowest BCUT2D eigenvalue weighted by Gasteiger charge is -2.06.